The third-order valence-corrected chi connectivity index (χ3v) is 3.66. The van der Waals surface area contributed by atoms with Crippen molar-refractivity contribution in [2.24, 2.45) is 0 Å². The lowest BCUT2D eigenvalue weighted by Crippen LogP contribution is -2.40. The van der Waals surface area contributed by atoms with Crippen molar-refractivity contribution in [2.45, 2.75) is 18.9 Å². The van der Waals surface area contributed by atoms with Gasteiger partial charge in [0.15, 0.2) is 0 Å². The van der Waals surface area contributed by atoms with Crippen molar-refractivity contribution in [1.29, 1.82) is 0 Å². The Morgan fingerprint density at radius 2 is 1.86 bits per heavy atom. The Labute approximate surface area is 128 Å². The van der Waals surface area contributed by atoms with E-state index in [9.17, 15) is 14.4 Å². The molecule has 1 fully saturated rings. The Kier molecular flexibility index (Phi) is 4.77. The molecule has 1 aromatic carbocycles. The van der Waals surface area contributed by atoms with Gasteiger partial charge in [-0.2, -0.15) is 0 Å². The van der Waals surface area contributed by atoms with Crippen LogP contribution >= 0.6 is 0 Å². The summed E-state index contributed by atoms with van der Waals surface area (Å²) in [5, 5.41) is 10.6. The minimum Gasteiger partial charge on any atom is -0.352 e. The minimum absolute atomic E-state index is 0.160. The second-order valence-electron chi connectivity index (χ2n) is 5.32. The largest absolute Gasteiger partial charge is 0.352 e. The highest BCUT2D eigenvalue weighted by molar-refractivity contribution is 6.07. The first kappa shape index (κ1) is 16.0. The molecule has 22 heavy (non-hydrogen) atoms. The van der Waals surface area contributed by atoms with E-state index >= 15 is 0 Å². The zero-order valence-electron chi connectivity index (χ0n) is 12.7. The summed E-state index contributed by atoms with van der Waals surface area (Å²) in [6, 6.07) is 6.12. The molecule has 118 valence electrons. The number of carbonyl (C=O) groups excluding carboxylic acids is 3. The van der Waals surface area contributed by atoms with Crippen molar-refractivity contribution < 1.29 is 14.4 Å². The summed E-state index contributed by atoms with van der Waals surface area (Å²) in [6.45, 7) is 3.06. The highest BCUT2D eigenvalue weighted by Gasteiger charge is 2.43. The van der Waals surface area contributed by atoms with Crippen molar-refractivity contribution in [2.75, 3.05) is 20.1 Å². The van der Waals surface area contributed by atoms with Gasteiger partial charge >= 0.3 is 6.03 Å². The topological polar surface area (TPSA) is 99.3 Å². The van der Waals surface area contributed by atoms with Gasteiger partial charge in [0.05, 0.1) is 0 Å². The molecule has 1 saturated heterocycles. The van der Waals surface area contributed by atoms with Crippen molar-refractivity contribution >= 4 is 17.8 Å². The fraction of sp³-hybridized carbons (Fsp3) is 0.400. The molecule has 0 aromatic heterocycles. The fourth-order valence-corrected chi connectivity index (χ4v) is 2.27. The molecular formula is C15H20N4O3. The van der Waals surface area contributed by atoms with E-state index in [0.29, 0.717) is 17.7 Å². The highest BCUT2D eigenvalue weighted by Crippen LogP contribution is 2.24. The van der Waals surface area contributed by atoms with E-state index in [1.165, 1.54) is 0 Å². The standard InChI is InChI=1S/C15H20N4O3/c1-15(13(21)18-14(22)19-15)11-6-4-10(5-7-11)12(20)17-9-3-8-16-2/h4-7,16H,3,8-9H2,1-2H3,(H,17,20)(H2,18,19,21,22). The molecule has 4 N–H and O–H groups in total. The van der Waals surface area contributed by atoms with Gasteiger partial charge in [0.2, 0.25) is 0 Å². The molecule has 1 aromatic rings. The van der Waals surface area contributed by atoms with E-state index in [-0.39, 0.29) is 5.91 Å². The molecule has 0 spiro atoms. The molecule has 0 aliphatic carbocycles. The number of urea groups is 1. The van der Waals surface area contributed by atoms with Crippen LogP contribution in [0.3, 0.4) is 0 Å². The number of amides is 4. The zero-order valence-corrected chi connectivity index (χ0v) is 12.7. The maximum Gasteiger partial charge on any atom is 0.322 e. The number of benzene rings is 1. The molecule has 2 rings (SSSR count). The Balaban J connectivity index is 2.03. The first-order valence-electron chi connectivity index (χ1n) is 7.14. The molecule has 0 bridgehead atoms. The SMILES string of the molecule is CNCCCNC(=O)c1ccc(C2(C)NC(=O)NC2=O)cc1. The number of carbonyl (C=O) groups is 3. The van der Waals surface area contributed by atoms with Crippen LogP contribution in [-0.4, -0.2) is 38.0 Å². The van der Waals surface area contributed by atoms with Crippen molar-refractivity contribution in [3.8, 4) is 0 Å². The van der Waals surface area contributed by atoms with E-state index < -0.39 is 17.5 Å². The average molecular weight is 304 g/mol. The van der Waals surface area contributed by atoms with Crippen LogP contribution in [0.4, 0.5) is 4.79 Å². The molecule has 4 amide bonds. The normalized spacial score (nSPS) is 20.5. The van der Waals surface area contributed by atoms with Crippen molar-refractivity contribution in [1.82, 2.24) is 21.3 Å². The lowest BCUT2D eigenvalue weighted by Gasteiger charge is -2.21. The van der Waals surface area contributed by atoms with Crippen LogP contribution < -0.4 is 21.3 Å². The third kappa shape index (κ3) is 3.25. The monoisotopic (exact) mass is 304 g/mol. The van der Waals surface area contributed by atoms with Gasteiger partial charge in [0.25, 0.3) is 11.8 Å². The minimum atomic E-state index is -1.10. The van der Waals surface area contributed by atoms with Gasteiger partial charge in [0.1, 0.15) is 5.54 Å². The summed E-state index contributed by atoms with van der Waals surface area (Å²) in [4.78, 5) is 35.1. The number of hydrogen-bond acceptors (Lipinski definition) is 4. The first-order valence-corrected chi connectivity index (χ1v) is 7.14. The van der Waals surface area contributed by atoms with E-state index in [0.717, 1.165) is 13.0 Å². The van der Waals surface area contributed by atoms with Gasteiger partial charge in [0, 0.05) is 12.1 Å². The molecule has 7 nitrogen and oxygen atoms in total. The van der Waals surface area contributed by atoms with Gasteiger partial charge in [-0.25, -0.2) is 4.79 Å². The number of rotatable bonds is 6. The van der Waals surface area contributed by atoms with Crippen LogP contribution in [0.15, 0.2) is 24.3 Å². The number of imide groups is 1. The molecule has 1 aliphatic rings. The number of hydrogen-bond donors (Lipinski definition) is 4. The summed E-state index contributed by atoms with van der Waals surface area (Å²) < 4.78 is 0. The summed E-state index contributed by atoms with van der Waals surface area (Å²) in [5.41, 5.74) is 0.0444. The van der Waals surface area contributed by atoms with Crippen LogP contribution in [0.25, 0.3) is 0 Å². The second-order valence-corrected chi connectivity index (χ2v) is 5.32. The van der Waals surface area contributed by atoms with E-state index in [4.69, 9.17) is 0 Å². The predicted octanol–water partition coefficient (Wildman–Crippen LogP) is 0.0805. The summed E-state index contributed by atoms with van der Waals surface area (Å²) in [5.74, 6) is -0.561. The molecule has 0 saturated carbocycles. The lowest BCUT2D eigenvalue weighted by atomic mass is 9.91. The highest BCUT2D eigenvalue weighted by atomic mass is 16.2. The smallest absolute Gasteiger partial charge is 0.322 e. The molecule has 1 unspecified atom stereocenters. The molecule has 0 radical (unpaired) electrons. The number of nitrogens with one attached hydrogen (secondary N) is 4. The Bertz CT molecular complexity index is 585. The quantitative estimate of drug-likeness (QED) is 0.442. The van der Waals surface area contributed by atoms with Crippen LogP contribution in [0.2, 0.25) is 0 Å². The van der Waals surface area contributed by atoms with Crippen LogP contribution in [0.1, 0.15) is 29.3 Å². The molecule has 1 atom stereocenters. The summed E-state index contributed by atoms with van der Waals surface area (Å²) in [7, 11) is 1.86. The van der Waals surface area contributed by atoms with E-state index in [1.54, 1.807) is 31.2 Å². The molecular weight excluding hydrogens is 284 g/mol. The second kappa shape index (κ2) is 6.57. The molecule has 1 heterocycles. The van der Waals surface area contributed by atoms with Gasteiger partial charge in [-0.15, -0.1) is 0 Å². The third-order valence-electron chi connectivity index (χ3n) is 3.66. The summed E-state index contributed by atoms with van der Waals surface area (Å²) >= 11 is 0. The van der Waals surface area contributed by atoms with Gasteiger partial charge in [-0.05, 0) is 44.6 Å². The maximum atomic E-state index is 12.0. The Hall–Kier alpha value is -2.41. The zero-order chi connectivity index (χ0) is 16.2. The van der Waals surface area contributed by atoms with Crippen LogP contribution in [0.5, 0.6) is 0 Å². The summed E-state index contributed by atoms with van der Waals surface area (Å²) in [6.07, 6.45) is 0.852. The molecule has 7 heteroatoms. The van der Waals surface area contributed by atoms with Crippen LogP contribution in [0, 0.1) is 0 Å². The van der Waals surface area contributed by atoms with Gasteiger partial charge in [-0.1, -0.05) is 12.1 Å². The predicted molar refractivity (Wildman–Crippen MR) is 81.3 cm³/mol. The molecule has 1 aliphatic heterocycles. The van der Waals surface area contributed by atoms with Gasteiger partial charge < -0.3 is 16.0 Å². The van der Waals surface area contributed by atoms with Gasteiger partial charge in [-0.3, -0.25) is 14.9 Å². The average Bonchev–Trinajstić information content (AvgIpc) is 2.77. The van der Waals surface area contributed by atoms with Crippen molar-refractivity contribution in [3.63, 3.8) is 0 Å². The van der Waals surface area contributed by atoms with Crippen LogP contribution in [-0.2, 0) is 10.3 Å². The fourth-order valence-electron chi connectivity index (χ4n) is 2.27. The first-order chi connectivity index (χ1) is 10.5. The van der Waals surface area contributed by atoms with Crippen molar-refractivity contribution in [3.05, 3.63) is 35.4 Å². The lowest BCUT2D eigenvalue weighted by molar-refractivity contribution is -0.123. The maximum absolute atomic E-state index is 12.0. The van der Waals surface area contributed by atoms with E-state index in [1.807, 2.05) is 7.05 Å². The van der Waals surface area contributed by atoms with E-state index in [2.05, 4.69) is 21.3 Å². The Morgan fingerprint density at radius 3 is 2.41 bits per heavy atom. The Morgan fingerprint density at radius 1 is 1.18 bits per heavy atom.